The number of carbonyl (C=O) groups excluding carboxylic acids is 1. The molecule has 1 N–H and O–H groups in total. The van der Waals surface area contributed by atoms with Gasteiger partial charge in [-0.3, -0.25) is 4.79 Å². The molecule has 0 radical (unpaired) electrons. The molecule has 1 amide bonds. The summed E-state index contributed by atoms with van der Waals surface area (Å²) in [5, 5.41) is 3.58. The lowest BCUT2D eigenvalue weighted by molar-refractivity contribution is -0.123. The number of nitrogens with one attached hydrogen (secondary N) is 1. The average molecular weight is 378 g/mol. The minimum atomic E-state index is -0.428. The Hall–Kier alpha value is -2.67. The average Bonchev–Trinajstić information content (AvgIpc) is 2.86. The molecule has 0 saturated carbocycles. The predicted molar refractivity (Wildman–Crippen MR) is 94.8 cm³/mol. The highest BCUT2D eigenvalue weighted by Gasteiger charge is 2.17. The van der Waals surface area contributed by atoms with E-state index in [1.807, 2.05) is 13.8 Å². The summed E-state index contributed by atoms with van der Waals surface area (Å²) in [6.07, 6.45) is 0. The lowest BCUT2D eigenvalue weighted by atomic mass is 10.2. The molecule has 6 nitrogen and oxygen atoms in total. The number of hydrogen-bond acceptors (Lipinski definition) is 5. The molecule has 0 fully saturated rings. The third-order valence-electron chi connectivity index (χ3n) is 3.94. The van der Waals surface area contributed by atoms with Crippen LogP contribution in [0, 0.1) is 26.6 Å². The first-order chi connectivity index (χ1) is 12.3. The van der Waals surface area contributed by atoms with E-state index < -0.39 is 5.82 Å². The summed E-state index contributed by atoms with van der Waals surface area (Å²) < 4.78 is 24.2. The first kappa shape index (κ1) is 18.1. The Labute approximate surface area is 154 Å². The van der Waals surface area contributed by atoms with Crippen molar-refractivity contribution in [2.45, 2.75) is 27.3 Å². The van der Waals surface area contributed by atoms with Gasteiger partial charge in [0, 0.05) is 17.1 Å². The van der Waals surface area contributed by atoms with Gasteiger partial charge < -0.3 is 14.5 Å². The normalized spacial score (nSPS) is 11.0. The van der Waals surface area contributed by atoms with E-state index in [1.165, 1.54) is 18.2 Å². The van der Waals surface area contributed by atoms with Crippen LogP contribution in [-0.4, -0.2) is 22.5 Å². The number of aromatic nitrogens is 2. The van der Waals surface area contributed by atoms with Crippen LogP contribution in [0.4, 0.5) is 4.39 Å². The van der Waals surface area contributed by atoms with Crippen molar-refractivity contribution in [1.29, 1.82) is 0 Å². The summed E-state index contributed by atoms with van der Waals surface area (Å²) in [6.45, 7) is 5.37. The quantitative estimate of drug-likeness (QED) is 0.734. The first-order valence-electron chi connectivity index (χ1n) is 7.93. The SMILES string of the molecule is Cc1nc(OCC(=O)NCc2ccc(F)cc2Cl)c2c(C)c(C)oc2n1. The van der Waals surface area contributed by atoms with Crippen molar-refractivity contribution in [3.05, 3.63) is 51.8 Å². The summed E-state index contributed by atoms with van der Waals surface area (Å²) in [5.74, 6) is 0.728. The van der Waals surface area contributed by atoms with E-state index in [2.05, 4.69) is 15.3 Å². The highest BCUT2D eigenvalue weighted by atomic mass is 35.5. The van der Waals surface area contributed by atoms with Crippen LogP contribution in [0.25, 0.3) is 11.1 Å². The zero-order chi connectivity index (χ0) is 18.8. The number of benzene rings is 1. The fourth-order valence-corrected chi connectivity index (χ4v) is 2.70. The molecule has 2 heterocycles. The van der Waals surface area contributed by atoms with Gasteiger partial charge in [-0.05, 0) is 38.5 Å². The van der Waals surface area contributed by atoms with Gasteiger partial charge in [-0.2, -0.15) is 9.97 Å². The van der Waals surface area contributed by atoms with E-state index in [4.69, 9.17) is 20.8 Å². The topological polar surface area (TPSA) is 77.2 Å². The molecule has 0 unspecified atom stereocenters. The van der Waals surface area contributed by atoms with E-state index in [1.54, 1.807) is 6.92 Å². The number of nitrogens with zero attached hydrogens (tertiary/aromatic N) is 2. The Morgan fingerprint density at radius 3 is 2.81 bits per heavy atom. The molecule has 3 aromatic rings. The Balaban J connectivity index is 1.67. The number of fused-ring (bicyclic) bond motifs is 1. The standard InChI is InChI=1S/C18H17ClFN3O3/c1-9-10(2)26-18-16(9)17(22-11(3)23-18)25-8-15(24)21-7-12-4-5-13(20)6-14(12)19/h4-6H,7-8H2,1-3H3,(H,21,24). The fraction of sp³-hybridized carbons (Fsp3) is 0.278. The second-order valence-electron chi connectivity index (χ2n) is 5.84. The number of ether oxygens (including phenoxy) is 1. The molecular formula is C18H17ClFN3O3. The minimum Gasteiger partial charge on any atom is -0.467 e. The molecule has 0 spiro atoms. The van der Waals surface area contributed by atoms with Gasteiger partial charge in [0.15, 0.2) is 6.61 Å². The van der Waals surface area contributed by atoms with Crippen LogP contribution >= 0.6 is 11.6 Å². The molecule has 1 aromatic carbocycles. The van der Waals surface area contributed by atoms with Crippen LogP contribution in [0.1, 0.15) is 22.7 Å². The smallest absolute Gasteiger partial charge is 0.258 e. The van der Waals surface area contributed by atoms with Crippen LogP contribution < -0.4 is 10.1 Å². The van der Waals surface area contributed by atoms with E-state index in [-0.39, 0.29) is 24.1 Å². The maximum atomic E-state index is 13.0. The van der Waals surface area contributed by atoms with E-state index in [0.717, 1.165) is 11.3 Å². The number of rotatable bonds is 5. The first-order valence-corrected chi connectivity index (χ1v) is 8.30. The minimum absolute atomic E-state index is 0.170. The van der Waals surface area contributed by atoms with Gasteiger partial charge in [-0.25, -0.2) is 4.39 Å². The highest BCUT2D eigenvalue weighted by molar-refractivity contribution is 6.31. The molecule has 136 valence electrons. The van der Waals surface area contributed by atoms with Crippen molar-refractivity contribution in [2.75, 3.05) is 6.61 Å². The van der Waals surface area contributed by atoms with Crippen molar-refractivity contribution in [1.82, 2.24) is 15.3 Å². The molecule has 2 aromatic heterocycles. The number of aryl methyl sites for hydroxylation is 3. The summed E-state index contributed by atoms with van der Waals surface area (Å²) in [4.78, 5) is 20.5. The molecule has 0 aliphatic heterocycles. The number of hydrogen-bond donors (Lipinski definition) is 1. The third-order valence-corrected chi connectivity index (χ3v) is 4.29. The van der Waals surface area contributed by atoms with Crippen LogP contribution in [0.5, 0.6) is 5.88 Å². The number of carbonyl (C=O) groups is 1. The van der Waals surface area contributed by atoms with Crippen molar-refractivity contribution in [3.8, 4) is 5.88 Å². The Morgan fingerprint density at radius 2 is 2.08 bits per heavy atom. The number of furan rings is 1. The van der Waals surface area contributed by atoms with E-state index >= 15 is 0 Å². The zero-order valence-electron chi connectivity index (χ0n) is 14.5. The van der Waals surface area contributed by atoms with E-state index in [9.17, 15) is 9.18 Å². The van der Waals surface area contributed by atoms with Crippen LogP contribution in [0.2, 0.25) is 5.02 Å². The monoisotopic (exact) mass is 377 g/mol. The lowest BCUT2D eigenvalue weighted by Crippen LogP contribution is -2.28. The van der Waals surface area contributed by atoms with Crippen LogP contribution in [0.3, 0.4) is 0 Å². The second-order valence-corrected chi connectivity index (χ2v) is 6.25. The molecule has 0 bridgehead atoms. The van der Waals surface area contributed by atoms with Gasteiger partial charge in [0.1, 0.15) is 22.8 Å². The van der Waals surface area contributed by atoms with Crippen molar-refractivity contribution in [3.63, 3.8) is 0 Å². The Kier molecular flexibility index (Phi) is 5.08. The van der Waals surface area contributed by atoms with Gasteiger partial charge in [-0.15, -0.1) is 0 Å². The van der Waals surface area contributed by atoms with Gasteiger partial charge >= 0.3 is 0 Å². The number of amides is 1. The predicted octanol–water partition coefficient (Wildman–Crippen LogP) is 3.64. The van der Waals surface area contributed by atoms with Gasteiger partial charge in [-0.1, -0.05) is 17.7 Å². The molecule has 0 saturated heterocycles. The van der Waals surface area contributed by atoms with E-state index in [0.29, 0.717) is 28.4 Å². The van der Waals surface area contributed by atoms with Crippen molar-refractivity contribution >= 4 is 28.6 Å². The summed E-state index contributed by atoms with van der Waals surface area (Å²) >= 11 is 5.94. The van der Waals surface area contributed by atoms with Gasteiger partial charge in [0.05, 0.1) is 0 Å². The second kappa shape index (κ2) is 7.29. The number of halogens is 2. The maximum Gasteiger partial charge on any atom is 0.258 e. The van der Waals surface area contributed by atoms with Crippen LogP contribution in [0.15, 0.2) is 22.6 Å². The summed E-state index contributed by atoms with van der Waals surface area (Å²) in [5.41, 5.74) is 1.91. The third kappa shape index (κ3) is 3.77. The largest absolute Gasteiger partial charge is 0.467 e. The molecular weight excluding hydrogens is 361 g/mol. The fourth-order valence-electron chi connectivity index (χ4n) is 2.46. The molecule has 26 heavy (non-hydrogen) atoms. The molecule has 0 aliphatic rings. The van der Waals surface area contributed by atoms with Gasteiger partial charge in [0.2, 0.25) is 11.6 Å². The van der Waals surface area contributed by atoms with Crippen molar-refractivity contribution in [2.24, 2.45) is 0 Å². The molecule has 0 aliphatic carbocycles. The summed E-state index contributed by atoms with van der Waals surface area (Å²) in [6, 6.07) is 4.01. The molecule has 8 heteroatoms. The highest BCUT2D eigenvalue weighted by Crippen LogP contribution is 2.30. The Morgan fingerprint density at radius 1 is 1.31 bits per heavy atom. The lowest BCUT2D eigenvalue weighted by Gasteiger charge is -2.09. The van der Waals surface area contributed by atoms with Crippen LogP contribution in [-0.2, 0) is 11.3 Å². The molecule has 3 rings (SSSR count). The molecule has 0 atom stereocenters. The van der Waals surface area contributed by atoms with Gasteiger partial charge in [0.25, 0.3) is 5.91 Å². The van der Waals surface area contributed by atoms with Crippen molar-refractivity contribution < 1.29 is 18.3 Å². The summed E-state index contributed by atoms with van der Waals surface area (Å²) in [7, 11) is 0. The maximum absolute atomic E-state index is 13.0. The zero-order valence-corrected chi connectivity index (χ0v) is 15.3. The Bertz CT molecular complexity index is 987.